The fourth-order valence-electron chi connectivity index (χ4n) is 1.56. The van der Waals surface area contributed by atoms with E-state index in [1.165, 1.54) is 25.9 Å². The lowest BCUT2D eigenvalue weighted by atomic mass is 10.2. The molecule has 0 saturated carbocycles. The smallest absolute Gasteiger partial charge is 0.0189 e. The molecule has 13 heavy (non-hydrogen) atoms. The van der Waals surface area contributed by atoms with Crippen LogP contribution in [0.15, 0.2) is 0 Å². The van der Waals surface area contributed by atoms with Gasteiger partial charge in [-0.05, 0) is 40.3 Å². The second-order valence-corrected chi connectivity index (χ2v) is 3.98. The average Bonchev–Trinajstić information content (AvgIpc) is 2.11. The first kappa shape index (κ1) is 12.9. The van der Waals surface area contributed by atoms with E-state index in [0.29, 0.717) is 12.1 Å². The summed E-state index contributed by atoms with van der Waals surface area (Å²) >= 11 is 0. The minimum absolute atomic E-state index is 0.647. The van der Waals surface area contributed by atoms with E-state index in [9.17, 15) is 0 Å². The fourth-order valence-corrected chi connectivity index (χ4v) is 1.56. The Kier molecular flexibility index (Phi) is 7.29. The minimum atomic E-state index is 0.647. The number of rotatable bonds is 7. The second kappa shape index (κ2) is 7.34. The summed E-state index contributed by atoms with van der Waals surface area (Å²) in [7, 11) is 2.05. The summed E-state index contributed by atoms with van der Waals surface area (Å²) in [6, 6.07) is 1.32. The number of nitrogens with zero attached hydrogens (tertiary/aromatic N) is 1. The minimum Gasteiger partial charge on any atom is -0.316 e. The fraction of sp³-hybridized carbons (Fsp3) is 1.00. The molecule has 0 aromatic rings. The maximum Gasteiger partial charge on any atom is 0.0189 e. The molecule has 0 heterocycles. The van der Waals surface area contributed by atoms with E-state index >= 15 is 0 Å². The summed E-state index contributed by atoms with van der Waals surface area (Å²) in [5, 5.41) is 3.35. The Labute approximate surface area is 83.7 Å². The quantitative estimate of drug-likeness (QED) is 0.655. The molecule has 0 aromatic heterocycles. The van der Waals surface area contributed by atoms with Crippen molar-refractivity contribution in [2.75, 3.05) is 20.1 Å². The zero-order chi connectivity index (χ0) is 10.3. The summed E-state index contributed by atoms with van der Waals surface area (Å²) in [5.41, 5.74) is 0. The summed E-state index contributed by atoms with van der Waals surface area (Å²) in [6.07, 6.45) is 2.46. The SMILES string of the molecule is CCCN(CC(CC)NC)C(C)C. The van der Waals surface area contributed by atoms with Crippen LogP contribution in [-0.4, -0.2) is 37.1 Å². The van der Waals surface area contributed by atoms with Crippen LogP contribution in [0, 0.1) is 0 Å². The van der Waals surface area contributed by atoms with Crippen LogP contribution in [0.4, 0.5) is 0 Å². The molecule has 0 fully saturated rings. The molecular formula is C11H26N2. The molecule has 80 valence electrons. The Morgan fingerprint density at radius 2 is 1.85 bits per heavy atom. The van der Waals surface area contributed by atoms with E-state index in [1.807, 2.05) is 0 Å². The third-order valence-electron chi connectivity index (χ3n) is 2.60. The molecule has 0 bridgehead atoms. The zero-order valence-corrected chi connectivity index (χ0v) is 9.93. The van der Waals surface area contributed by atoms with Crippen molar-refractivity contribution < 1.29 is 0 Å². The van der Waals surface area contributed by atoms with E-state index < -0.39 is 0 Å². The Bertz CT molecular complexity index is 109. The van der Waals surface area contributed by atoms with Gasteiger partial charge in [0.05, 0.1) is 0 Å². The molecular weight excluding hydrogens is 160 g/mol. The molecule has 1 unspecified atom stereocenters. The summed E-state index contributed by atoms with van der Waals surface area (Å²) in [4.78, 5) is 2.55. The molecule has 0 aromatic carbocycles. The van der Waals surface area contributed by atoms with E-state index in [1.54, 1.807) is 0 Å². The standard InChI is InChI=1S/C11H26N2/c1-6-8-13(10(3)4)9-11(7-2)12-5/h10-12H,6-9H2,1-5H3. The Morgan fingerprint density at radius 1 is 1.23 bits per heavy atom. The average molecular weight is 186 g/mol. The third-order valence-corrected chi connectivity index (χ3v) is 2.60. The highest BCUT2D eigenvalue weighted by Gasteiger charge is 2.12. The summed E-state index contributed by atoms with van der Waals surface area (Å²) in [5.74, 6) is 0. The predicted molar refractivity (Wildman–Crippen MR) is 60.1 cm³/mol. The van der Waals surface area contributed by atoms with Gasteiger partial charge in [-0.25, -0.2) is 0 Å². The highest BCUT2D eigenvalue weighted by atomic mass is 15.2. The maximum absolute atomic E-state index is 3.35. The van der Waals surface area contributed by atoms with Crippen LogP contribution < -0.4 is 5.32 Å². The van der Waals surface area contributed by atoms with Crippen LogP contribution in [-0.2, 0) is 0 Å². The Balaban J connectivity index is 3.91. The van der Waals surface area contributed by atoms with Gasteiger partial charge in [0.15, 0.2) is 0 Å². The van der Waals surface area contributed by atoms with Crippen molar-refractivity contribution in [3.8, 4) is 0 Å². The monoisotopic (exact) mass is 186 g/mol. The van der Waals surface area contributed by atoms with Gasteiger partial charge in [-0.15, -0.1) is 0 Å². The molecule has 0 radical (unpaired) electrons. The van der Waals surface area contributed by atoms with Gasteiger partial charge in [0.2, 0.25) is 0 Å². The van der Waals surface area contributed by atoms with Gasteiger partial charge in [0.25, 0.3) is 0 Å². The van der Waals surface area contributed by atoms with Crippen LogP contribution in [0.25, 0.3) is 0 Å². The molecule has 0 saturated heterocycles. The van der Waals surface area contributed by atoms with Crippen LogP contribution in [0.1, 0.15) is 40.5 Å². The number of likely N-dealkylation sites (N-methyl/N-ethyl adjacent to an activating group) is 1. The lowest BCUT2D eigenvalue weighted by molar-refractivity contribution is 0.198. The molecule has 0 rings (SSSR count). The highest BCUT2D eigenvalue weighted by Crippen LogP contribution is 2.03. The van der Waals surface area contributed by atoms with Crippen LogP contribution in [0.2, 0.25) is 0 Å². The van der Waals surface area contributed by atoms with E-state index in [2.05, 4.69) is 45.0 Å². The predicted octanol–water partition coefficient (Wildman–Crippen LogP) is 2.10. The van der Waals surface area contributed by atoms with Crippen LogP contribution >= 0.6 is 0 Å². The lowest BCUT2D eigenvalue weighted by Gasteiger charge is -2.29. The number of hydrogen-bond donors (Lipinski definition) is 1. The van der Waals surface area contributed by atoms with E-state index in [-0.39, 0.29) is 0 Å². The lowest BCUT2D eigenvalue weighted by Crippen LogP contribution is -2.42. The second-order valence-electron chi connectivity index (χ2n) is 3.98. The zero-order valence-electron chi connectivity index (χ0n) is 9.93. The van der Waals surface area contributed by atoms with Gasteiger partial charge >= 0.3 is 0 Å². The third kappa shape index (κ3) is 5.27. The molecule has 2 nitrogen and oxygen atoms in total. The highest BCUT2D eigenvalue weighted by molar-refractivity contribution is 4.71. The first-order valence-electron chi connectivity index (χ1n) is 5.56. The Hall–Kier alpha value is -0.0800. The van der Waals surface area contributed by atoms with E-state index in [4.69, 9.17) is 0 Å². The van der Waals surface area contributed by atoms with Gasteiger partial charge in [-0.3, -0.25) is 4.90 Å². The number of hydrogen-bond acceptors (Lipinski definition) is 2. The van der Waals surface area contributed by atoms with Crippen molar-refractivity contribution in [2.45, 2.75) is 52.6 Å². The van der Waals surface area contributed by atoms with Crippen LogP contribution in [0.5, 0.6) is 0 Å². The van der Waals surface area contributed by atoms with Gasteiger partial charge in [-0.1, -0.05) is 13.8 Å². The van der Waals surface area contributed by atoms with Crippen molar-refractivity contribution in [1.82, 2.24) is 10.2 Å². The molecule has 0 aliphatic rings. The van der Waals surface area contributed by atoms with Crippen LogP contribution in [0.3, 0.4) is 0 Å². The van der Waals surface area contributed by atoms with Gasteiger partial charge in [0.1, 0.15) is 0 Å². The van der Waals surface area contributed by atoms with Crippen molar-refractivity contribution in [3.05, 3.63) is 0 Å². The molecule has 1 N–H and O–H groups in total. The summed E-state index contributed by atoms with van der Waals surface area (Å²) < 4.78 is 0. The molecule has 1 atom stereocenters. The van der Waals surface area contributed by atoms with Crippen molar-refractivity contribution in [3.63, 3.8) is 0 Å². The molecule has 0 amide bonds. The molecule has 2 heteroatoms. The van der Waals surface area contributed by atoms with Crippen molar-refractivity contribution >= 4 is 0 Å². The first-order valence-corrected chi connectivity index (χ1v) is 5.56. The van der Waals surface area contributed by atoms with Gasteiger partial charge in [0, 0.05) is 18.6 Å². The Morgan fingerprint density at radius 3 is 2.15 bits per heavy atom. The molecule has 0 aliphatic heterocycles. The van der Waals surface area contributed by atoms with Gasteiger partial charge in [-0.2, -0.15) is 0 Å². The topological polar surface area (TPSA) is 15.3 Å². The normalized spacial score (nSPS) is 14.1. The van der Waals surface area contributed by atoms with E-state index in [0.717, 1.165) is 0 Å². The number of nitrogens with one attached hydrogen (secondary N) is 1. The van der Waals surface area contributed by atoms with Gasteiger partial charge < -0.3 is 5.32 Å². The largest absolute Gasteiger partial charge is 0.316 e. The summed E-state index contributed by atoms with van der Waals surface area (Å²) in [6.45, 7) is 11.4. The van der Waals surface area contributed by atoms with Crippen molar-refractivity contribution in [2.24, 2.45) is 0 Å². The molecule has 0 spiro atoms. The van der Waals surface area contributed by atoms with Crippen molar-refractivity contribution in [1.29, 1.82) is 0 Å². The molecule has 0 aliphatic carbocycles. The first-order chi connectivity index (χ1) is 6.15. The maximum atomic E-state index is 3.35.